The molecule has 0 N–H and O–H groups in total. The van der Waals surface area contributed by atoms with E-state index in [-0.39, 0.29) is 0 Å². The van der Waals surface area contributed by atoms with Crippen molar-refractivity contribution >= 4 is 56.7 Å². The lowest BCUT2D eigenvalue weighted by atomic mass is 10.0. The van der Waals surface area contributed by atoms with Gasteiger partial charge in [0.05, 0.1) is 5.52 Å². The summed E-state index contributed by atoms with van der Waals surface area (Å²) in [5.74, 6) is 0. The highest BCUT2D eigenvalue weighted by Gasteiger charge is 2.26. The summed E-state index contributed by atoms with van der Waals surface area (Å²) < 4.78 is 2.27. The van der Waals surface area contributed by atoms with E-state index in [1.807, 2.05) is 6.08 Å². The second-order valence-corrected chi connectivity index (χ2v) is 19.0. The van der Waals surface area contributed by atoms with Gasteiger partial charge in [0.25, 0.3) is 0 Å². The Morgan fingerprint density at radius 1 is 0.421 bits per heavy atom. The molecule has 1 aliphatic rings. The number of nitrogens with zero attached hydrogens (tertiary/aromatic N) is 4. The van der Waals surface area contributed by atoms with Crippen molar-refractivity contribution in [1.29, 1.82) is 0 Å². The minimum atomic E-state index is 0.773. The Kier molecular flexibility index (Phi) is 13.2. The van der Waals surface area contributed by atoms with Gasteiger partial charge >= 0.3 is 0 Å². The minimum absolute atomic E-state index is 0.773. The Balaban J connectivity index is 0.898. The lowest BCUT2D eigenvalue weighted by Crippen LogP contribution is -2.16. The van der Waals surface area contributed by atoms with Crippen molar-refractivity contribution in [2.75, 3.05) is 21.2 Å². The van der Waals surface area contributed by atoms with Crippen LogP contribution in [-0.2, 0) is 0 Å². The van der Waals surface area contributed by atoms with Crippen LogP contribution in [0.1, 0.15) is 18.1 Å². The van der Waals surface area contributed by atoms with Gasteiger partial charge in [0.2, 0.25) is 0 Å². The highest BCUT2D eigenvalue weighted by atomic mass is 15.2. The molecule has 2 heterocycles. The molecule has 76 heavy (non-hydrogen) atoms. The minimum Gasteiger partial charge on any atom is -0.336 e. The van der Waals surface area contributed by atoms with Crippen LogP contribution in [-0.4, -0.2) is 11.1 Å². The molecule has 0 unspecified atom stereocenters. The molecule has 0 radical (unpaired) electrons. The number of allylic oxidation sites excluding steroid dienone is 3. The molecule has 0 saturated carbocycles. The maximum atomic E-state index is 4.41. The van der Waals surface area contributed by atoms with Gasteiger partial charge in [-0.3, -0.25) is 0 Å². The quantitative estimate of drug-likeness (QED) is 0.101. The van der Waals surface area contributed by atoms with E-state index >= 15 is 0 Å². The lowest BCUT2D eigenvalue weighted by Gasteiger charge is -2.28. The number of anilines is 6. The number of rotatable bonds is 14. The standard InChI is InChI=1S/C72H56N4/c1-3-61(49-59-51-73(63-25-13-7-14-26-63)71-31-19-17-29-69(59)71)75(65-41-33-55(34-42-65)53-21-9-5-10-22-53)67-45-37-57(38-46-67)58-39-47-68(48-40-58)76(66-43-35-56(36-44-66)54-23-11-6-12-24-54)62(4-2)50-60-52-74(64-27-15-8-16-28-64)72-32-20-18-30-70(60)72/h3-51H,1,52H2,2H3/b60-50+,61-49+,62-4+. The van der Waals surface area contributed by atoms with Crippen LogP contribution in [0.3, 0.4) is 0 Å². The fraction of sp³-hybridized carbons (Fsp3) is 0.0278. The first kappa shape index (κ1) is 47.1. The van der Waals surface area contributed by atoms with Gasteiger partial charge in [-0.05, 0) is 149 Å². The summed E-state index contributed by atoms with van der Waals surface area (Å²) in [4.78, 5) is 7.09. The van der Waals surface area contributed by atoms with E-state index in [0.29, 0.717) is 0 Å². The number of benzene rings is 10. The van der Waals surface area contributed by atoms with E-state index in [4.69, 9.17) is 0 Å². The second kappa shape index (κ2) is 21.3. The fourth-order valence-electron chi connectivity index (χ4n) is 10.6. The molecule has 0 aliphatic carbocycles. The Labute approximate surface area is 446 Å². The van der Waals surface area contributed by atoms with Gasteiger partial charge < -0.3 is 19.3 Å². The molecule has 0 spiro atoms. The summed E-state index contributed by atoms with van der Waals surface area (Å²) in [7, 11) is 0. The average molecular weight is 977 g/mol. The van der Waals surface area contributed by atoms with Gasteiger partial charge in [-0.25, -0.2) is 0 Å². The van der Waals surface area contributed by atoms with Crippen molar-refractivity contribution in [3.8, 4) is 39.1 Å². The molecule has 0 amide bonds. The van der Waals surface area contributed by atoms with E-state index in [1.165, 1.54) is 44.6 Å². The van der Waals surface area contributed by atoms with Gasteiger partial charge in [-0.1, -0.05) is 195 Å². The third-order valence-electron chi connectivity index (χ3n) is 14.4. The lowest BCUT2D eigenvalue weighted by molar-refractivity contribution is 1.12. The zero-order valence-electron chi connectivity index (χ0n) is 42.5. The summed E-state index contributed by atoms with van der Waals surface area (Å²) in [5.41, 5.74) is 21.5. The predicted molar refractivity (Wildman–Crippen MR) is 323 cm³/mol. The van der Waals surface area contributed by atoms with Crippen LogP contribution in [0.2, 0.25) is 0 Å². The maximum absolute atomic E-state index is 4.41. The first-order valence-corrected chi connectivity index (χ1v) is 26.0. The van der Waals surface area contributed by atoms with Crippen molar-refractivity contribution in [3.05, 3.63) is 320 Å². The third kappa shape index (κ3) is 9.48. The van der Waals surface area contributed by atoms with Crippen LogP contribution in [0.5, 0.6) is 0 Å². The largest absolute Gasteiger partial charge is 0.336 e. The second-order valence-electron chi connectivity index (χ2n) is 19.0. The Morgan fingerprint density at radius 3 is 1.32 bits per heavy atom. The number of para-hydroxylation sites is 4. The zero-order chi connectivity index (χ0) is 51.2. The topological polar surface area (TPSA) is 14.7 Å². The van der Waals surface area contributed by atoms with Crippen molar-refractivity contribution in [2.24, 2.45) is 0 Å². The van der Waals surface area contributed by atoms with E-state index in [9.17, 15) is 0 Å². The first-order chi connectivity index (χ1) is 37.6. The molecule has 12 rings (SSSR count). The van der Waals surface area contributed by atoms with Crippen LogP contribution in [0.15, 0.2) is 309 Å². The molecule has 364 valence electrons. The Bertz CT molecular complexity index is 3870. The van der Waals surface area contributed by atoms with Crippen molar-refractivity contribution < 1.29 is 0 Å². The molecule has 0 saturated heterocycles. The van der Waals surface area contributed by atoms with Gasteiger partial charge in [-0.15, -0.1) is 0 Å². The van der Waals surface area contributed by atoms with E-state index in [0.717, 1.165) is 74.1 Å². The number of fused-ring (bicyclic) bond motifs is 2. The summed E-state index contributed by atoms with van der Waals surface area (Å²) >= 11 is 0. The van der Waals surface area contributed by atoms with Crippen LogP contribution in [0, 0.1) is 0 Å². The van der Waals surface area contributed by atoms with Gasteiger partial charge in [0.1, 0.15) is 0 Å². The monoisotopic (exact) mass is 976 g/mol. The van der Waals surface area contributed by atoms with Crippen LogP contribution in [0.25, 0.3) is 61.6 Å². The van der Waals surface area contributed by atoms with Crippen LogP contribution in [0.4, 0.5) is 34.1 Å². The maximum Gasteiger partial charge on any atom is 0.0534 e. The molecular weight excluding hydrogens is 921 g/mol. The molecule has 0 fully saturated rings. The fourth-order valence-corrected chi connectivity index (χ4v) is 10.6. The normalized spacial score (nSPS) is 13.0. The van der Waals surface area contributed by atoms with E-state index in [1.54, 1.807) is 0 Å². The Morgan fingerprint density at radius 2 is 0.829 bits per heavy atom. The summed E-state index contributed by atoms with van der Waals surface area (Å²) in [6.45, 7) is 7.32. The zero-order valence-corrected chi connectivity index (χ0v) is 42.5. The van der Waals surface area contributed by atoms with Gasteiger partial charge in [-0.2, -0.15) is 0 Å². The highest BCUT2D eigenvalue weighted by Crippen LogP contribution is 2.43. The van der Waals surface area contributed by atoms with Crippen molar-refractivity contribution in [2.45, 2.75) is 6.92 Å². The van der Waals surface area contributed by atoms with Crippen molar-refractivity contribution in [1.82, 2.24) is 4.57 Å². The molecule has 4 heteroatoms. The molecular formula is C72H56N4. The average Bonchev–Trinajstić information content (AvgIpc) is 4.06. The Hall–Kier alpha value is -9.90. The molecule has 4 nitrogen and oxygen atoms in total. The molecule has 10 aromatic carbocycles. The van der Waals surface area contributed by atoms with Gasteiger partial charge in [0.15, 0.2) is 0 Å². The summed E-state index contributed by atoms with van der Waals surface area (Å²) in [6.07, 6.45) is 11.1. The molecule has 1 aromatic heterocycles. The first-order valence-electron chi connectivity index (χ1n) is 26.0. The van der Waals surface area contributed by atoms with Crippen molar-refractivity contribution in [3.63, 3.8) is 0 Å². The number of aromatic nitrogens is 1. The van der Waals surface area contributed by atoms with E-state index < -0.39 is 0 Å². The molecule has 11 aromatic rings. The summed E-state index contributed by atoms with van der Waals surface area (Å²) in [5, 5.41) is 1.17. The third-order valence-corrected chi connectivity index (χ3v) is 14.4. The number of hydrogen-bond donors (Lipinski definition) is 0. The highest BCUT2D eigenvalue weighted by molar-refractivity contribution is 5.94. The molecule has 1 aliphatic heterocycles. The number of hydrogen-bond acceptors (Lipinski definition) is 3. The summed E-state index contributed by atoms with van der Waals surface area (Å²) in [6, 6.07) is 95.4. The van der Waals surface area contributed by atoms with Gasteiger partial charge in [0, 0.05) is 80.5 Å². The molecule has 0 atom stereocenters. The van der Waals surface area contributed by atoms with E-state index in [2.05, 4.69) is 324 Å². The van der Waals surface area contributed by atoms with Crippen LogP contribution < -0.4 is 14.7 Å². The SMILES string of the molecule is C=C/C(=C\c1cn(-c2ccccc2)c2ccccc12)N(c1ccc(-c2ccccc2)cc1)c1ccc(-c2ccc(N(C(/C=C3\CN(c4ccccc4)c4ccccc43)=C/C)c3ccc(-c4ccccc4)cc3)cc2)cc1. The molecule has 0 bridgehead atoms. The predicted octanol–water partition coefficient (Wildman–Crippen LogP) is 19.3. The van der Waals surface area contributed by atoms with Crippen LogP contribution >= 0.6 is 0 Å². The smallest absolute Gasteiger partial charge is 0.0534 e.